The number of anilines is 6. The highest BCUT2D eigenvalue weighted by Gasteiger charge is 2.54. The zero-order valence-electron chi connectivity index (χ0n) is 38.6. The summed E-state index contributed by atoms with van der Waals surface area (Å²) in [5.41, 5.74) is 31.6. The van der Waals surface area contributed by atoms with E-state index in [0.29, 0.717) is 0 Å². The minimum atomic E-state index is -0.441. The van der Waals surface area contributed by atoms with Crippen molar-refractivity contribution < 1.29 is 0 Å². The maximum absolute atomic E-state index is 2.57. The van der Waals surface area contributed by atoms with E-state index >= 15 is 0 Å². The van der Waals surface area contributed by atoms with Gasteiger partial charge in [0, 0.05) is 34.1 Å². The van der Waals surface area contributed by atoms with Crippen LogP contribution in [0.5, 0.6) is 0 Å². The molecule has 11 aromatic carbocycles. The number of fused-ring (bicyclic) bond motifs is 24. The molecule has 0 radical (unpaired) electrons. The van der Waals surface area contributed by atoms with Crippen molar-refractivity contribution in [1.82, 2.24) is 0 Å². The number of hydrogen-bond donors (Lipinski definition) is 0. The van der Waals surface area contributed by atoms with Gasteiger partial charge in [-0.1, -0.05) is 200 Å². The molecular formula is C68H41BN2. The zero-order chi connectivity index (χ0) is 46.2. The molecule has 0 fully saturated rings. The topological polar surface area (TPSA) is 6.48 Å². The molecule has 326 valence electrons. The molecule has 6 aliphatic rings. The van der Waals surface area contributed by atoms with E-state index in [-0.39, 0.29) is 6.71 Å². The van der Waals surface area contributed by atoms with Crippen molar-refractivity contribution in [3.8, 4) is 44.5 Å². The highest BCUT2D eigenvalue weighted by molar-refractivity contribution is 7.00. The molecule has 2 heterocycles. The Morgan fingerprint density at radius 1 is 0.239 bits per heavy atom. The smallest absolute Gasteiger partial charge is 0.252 e. The quantitative estimate of drug-likeness (QED) is 0.160. The monoisotopic (exact) mass is 896 g/mol. The minimum absolute atomic E-state index is 0.0401. The molecule has 2 spiro atoms. The van der Waals surface area contributed by atoms with Gasteiger partial charge >= 0.3 is 0 Å². The molecule has 0 unspecified atom stereocenters. The van der Waals surface area contributed by atoms with Crippen LogP contribution in [0.25, 0.3) is 44.5 Å². The first-order valence-corrected chi connectivity index (χ1v) is 25.0. The lowest BCUT2D eigenvalue weighted by Crippen LogP contribution is -2.61. The summed E-state index contributed by atoms with van der Waals surface area (Å²) in [4.78, 5) is 5.14. The number of rotatable bonds is 2. The molecule has 2 aliphatic heterocycles. The fraction of sp³-hybridized carbons (Fsp3) is 0.0294. The second-order valence-electron chi connectivity index (χ2n) is 20.2. The molecule has 0 saturated carbocycles. The molecule has 3 heteroatoms. The van der Waals surface area contributed by atoms with Gasteiger partial charge in [0.25, 0.3) is 6.71 Å². The first kappa shape index (κ1) is 38.0. The molecule has 4 aliphatic carbocycles. The van der Waals surface area contributed by atoms with Gasteiger partial charge < -0.3 is 9.80 Å². The average molecular weight is 897 g/mol. The lowest BCUT2D eigenvalue weighted by Gasteiger charge is -2.44. The summed E-state index contributed by atoms with van der Waals surface area (Å²) in [6.45, 7) is 0.0401. The van der Waals surface area contributed by atoms with Gasteiger partial charge in [-0.3, -0.25) is 0 Å². The van der Waals surface area contributed by atoms with E-state index in [1.807, 2.05) is 0 Å². The second kappa shape index (κ2) is 13.4. The Labute approximate surface area is 413 Å². The third kappa shape index (κ3) is 4.44. The average Bonchev–Trinajstić information content (AvgIpc) is 4.13. The molecule has 0 amide bonds. The summed E-state index contributed by atoms with van der Waals surface area (Å²) >= 11 is 0. The SMILES string of the molecule is c1ccc2c(c1)B1c3ccccc3N(c3ccc4c(c3)C3(c5ccccc5-c5ccccc53)c3ccccc3-4)c3cccc(c31)N2c1ccc2c(c1)C1(c3ccccc3-c3ccccc31)c1ccccc1-2. The van der Waals surface area contributed by atoms with E-state index in [1.54, 1.807) is 0 Å². The Morgan fingerprint density at radius 2 is 0.521 bits per heavy atom. The van der Waals surface area contributed by atoms with Gasteiger partial charge in [0.15, 0.2) is 0 Å². The molecule has 0 bridgehead atoms. The number of benzene rings is 11. The zero-order valence-corrected chi connectivity index (χ0v) is 38.6. The third-order valence-corrected chi connectivity index (χ3v) is 17.3. The summed E-state index contributed by atoms with van der Waals surface area (Å²) < 4.78 is 0. The lowest BCUT2D eigenvalue weighted by molar-refractivity contribution is 0.793. The van der Waals surface area contributed by atoms with Gasteiger partial charge in [0.05, 0.1) is 10.8 Å². The van der Waals surface area contributed by atoms with Crippen molar-refractivity contribution in [1.29, 1.82) is 0 Å². The Morgan fingerprint density at radius 3 is 0.873 bits per heavy atom. The van der Waals surface area contributed by atoms with Crippen LogP contribution in [0.3, 0.4) is 0 Å². The van der Waals surface area contributed by atoms with Crippen LogP contribution in [-0.2, 0) is 10.8 Å². The van der Waals surface area contributed by atoms with Gasteiger partial charge in [0.2, 0.25) is 0 Å². The molecule has 0 atom stereocenters. The molecule has 0 N–H and O–H groups in total. The summed E-state index contributed by atoms with van der Waals surface area (Å²) in [5.74, 6) is 0. The first-order chi connectivity index (χ1) is 35.3. The summed E-state index contributed by atoms with van der Waals surface area (Å²) in [6, 6.07) is 94.7. The fourth-order valence-electron chi connectivity index (χ4n) is 14.8. The van der Waals surface area contributed by atoms with Crippen molar-refractivity contribution in [2.75, 3.05) is 9.80 Å². The van der Waals surface area contributed by atoms with Crippen molar-refractivity contribution in [3.05, 3.63) is 293 Å². The van der Waals surface area contributed by atoms with Gasteiger partial charge in [-0.05, 0) is 154 Å². The van der Waals surface area contributed by atoms with Crippen molar-refractivity contribution in [2.24, 2.45) is 0 Å². The molecule has 17 rings (SSSR count). The van der Waals surface area contributed by atoms with Crippen LogP contribution in [0.1, 0.15) is 44.5 Å². The van der Waals surface area contributed by atoms with Crippen molar-refractivity contribution in [2.45, 2.75) is 10.8 Å². The molecule has 2 nitrogen and oxygen atoms in total. The van der Waals surface area contributed by atoms with E-state index in [9.17, 15) is 0 Å². The van der Waals surface area contributed by atoms with E-state index in [4.69, 9.17) is 0 Å². The van der Waals surface area contributed by atoms with E-state index in [2.05, 4.69) is 259 Å². The van der Waals surface area contributed by atoms with Crippen LogP contribution in [0.4, 0.5) is 34.1 Å². The van der Waals surface area contributed by atoms with E-state index < -0.39 is 10.8 Å². The van der Waals surface area contributed by atoms with E-state index in [1.165, 1.54) is 140 Å². The standard InChI is InChI=1S/C68H41BN2/c1-7-24-52-44(18-1)45-19-2-8-25-53(45)67(52)56-28-11-5-22-48(56)50-38-36-42(40-58(50)67)70-62-32-15-13-30-60(62)69-61-31-14-16-33-63(61)71(65-35-17-34-64(70)66(65)69)43-37-39-51-49-23-6-12-29-57(49)68(59(51)41-43)54-26-9-3-20-46(54)47-21-4-10-27-55(47)68/h1-41H. The van der Waals surface area contributed by atoms with Gasteiger partial charge in [-0.25, -0.2) is 0 Å². The van der Waals surface area contributed by atoms with Crippen molar-refractivity contribution in [3.63, 3.8) is 0 Å². The highest BCUT2D eigenvalue weighted by Crippen LogP contribution is 2.65. The summed E-state index contributed by atoms with van der Waals surface area (Å²) in [6.07, 6.45) is 0. The van der Waals surface area contributed by atoms with Gasteiger partial charge in [-0.2, -0.15) is 0 Å². The third-order valence-electron chi connectivity index (χ3n) is 17.3. The largest absolute Gasteiger partial charge is 0.311 e. The summed E-state index contributed by atoms with van der Waals surface area (Å²) in [5, 5.41) is 0. The van der Waals surface area contributed by atoms with Crippen molar-refractivity contribution >= 4 is 57.2 Å². The van der Waals surface area contributed by atoms with Crippen LogP contribution in [-0.4, -0.2) is 6.71 Å². The molecule has 0 saturated heterocycles. The van der Waals surface area contributed by atoms with Crippen LogP contribution in [0.2, 0.25) is 0 Å². The van der Waals surface area contributed by atoms with E-state index in [0.717, 1.165) is 0 Å². The van der Waals surface area contributed by atoms with Crippen LogP contribution >= 0.6 is 0 Å². The fourth-order valence-corrected chi connectivity index (χ4v) is 14.8. The Hall–Kier alpha value is -8.92. The molecule has 0 aromatic heterocycles. The Balaban J connectivity index is 0.899. The lowest BCUT2D eigenvalue weighted by atomic mass is 9.33. The molecular weight excluding hydrogens is 856 g/mol. The Kier molecular flexibility index (Phi) is 7.19. The van der Waals surface area contributed by atoms with Gasteiger partial charge in [-0.15, -0.1) is 0 Å². The van der Waals surface area contributed by atoms with Crippen LogP contribution in [0.15, 0.2) is 249 Å². The molecule has 71 heavy (non-hydrogen) atoms. The van der Waals surface area contributed by atoms with Crippen LogP contribution in [0, 0.1) is 0 Å². The number of nitrogens with zero attached hydrogens (tertiary/aromatic N) is 2. The second-order valence-corrected chi connectivity index (χ2v) is 20.2. The molecule has 11 aromatic rings. The normalized spacial score (nSPS) is 15.2. The highest BCUT2D eigenvalue weighted by atomic mass is 15.2. The number of para-hydroxylation sites is 2. The first-order valence-electron chi connectivity index (χ1n) is 25.0. The van der Waals surface area contributed by atoms with Gasteiger partial charge in [0.1, 0.15) is 0 Å². The summed E-state index contributed by atoms with van der Waals surface area (Å²) in [7, 11) is 0. The Bertz CT molecular complexity index is 3790. The maximum atomic E-state index is 2.57. The number of hydrogen-bond acceptors (Lipinski definition) is 2. The predicted octanol–water partition coefficient (Wildman–Crippen LogP) is 14.5. The maximum Gasteiger partial charge on any atom is 0.252 e. The minimum Gasteiger partial charge on any atom is -0.311 e. The predicted molar refractivity (Wildman–Crippen MR) is 293 cm³/mol. The van der Waals surface area contributed by atoms with Crippen LogP contribution < -0.4 is 26.2 Å².